The summed E-state index contributed by atoms with van der Waals surface area (Å²) in [6, 6.07) is 23.7. The number of nitrogens with zero attached hydrogens (tertiary/aromatic N) is 2. The molecular weight excluding hydrogens is 476 g/mol. The Hall–Kier alpha value is -3.20. The Bertz CT molecular complexity index is 1250. The number of thioether (sulfide) groups is 1. The summed E-state index contributed by atoms with van der Waals surface area (Å²) in [4.78, 5) is 25.5. The number of halogens is 1. The lowest BCUT2D eigenvalue weighted by molar-refractivity contribution is -0.113. The van der Waals surface area contributed by atoms with E-state index in [2.05, 4.69) is 20.8 Å². The molecule has 0 fully saturated rings. The lowest BCUT2D eigenvalue weighted by Gasteiger charge is -2.11. The average Bonchev–Trinajstić information content (AvgIpc) is 3.31. The molecule has 1 aromatic heterocycles. The van der Waals surface area contributed by atoms with Gasteiger partial charge in [0.25, 0.3) is 0 Å². The average molecular weight is 495 g/mol. The molecule has 0 aliphatic rings. The topological polar surface area (TPSA) is 84.0 Å². The quantitative estimate of drug-likeness (QED) is 0.227. The Morgan fingerprint density at radius 3 is 2.42 bits per heavy atom. The van der Waals surface area contributed by atoms with Crippen LogP contribution in [0.3, 0.4) is 0 Å². The van der Waals surface area contributed by atoms with Crippen molar-refractivity contribution in [3.63, 3.8) is 0 Å². The molecule has 33 heavy (non-hydrogen) atoms. The molecule has 4 rings (SSSR count). The third kappa shape index (κ3) is 6.41. The fourth-order valence-corrected chi connectivity index (χ4v) is 4.70. The highest BCUT2D eigenvalue weighted by Gasteiger charge is 2.16. The maximum absolute atomic E-state index is 12.9. The summed E-state index contributed by atoms with van der Waals surface area (Å²) in [5.74, 6) is -0.327. The van der Waals surface area contributed by atoms with E-state index in [1.807, 2.05) is 36.4 Å². The Labute approximate surface area is 204 Å². The van der Waals surface area contributed by atoms with Crippen molar-refractivity contribution < 1.29 is 9.59 Å². The summed E-state index contributed by atoms with van der Waals surface area (Å²) in [5, 5.41) is 15.4. The van der Waals surface area contributed by atoms with Gasteiger partial charge in [0, 0.05) is 22.7 Å². The van der Waals surface area contributed by atoms with Crippen molar-refractivity contribution in [3.8, 4) is 0 Å². The molecule has 0 aliphatic carbocycles. The number of carbonyl (C=O) groups excluding carboxylic acids is 2. The first-order valence-corrected chi connectivity index (χ1v) is 12.2. The van der Waals surface area contributed by atoms with Gasteiger partial charge in [0.15, 0.2) is 10.1 Å². The zero-order chi connectivity index (χ0) is 23.0. The lowest BCUT2D eigenvalue weighted by atomic mass is 10.0. The maximum atomic E-state index is 12.9. The van der Waals surface area contributed by atoms with Crippen LogP contribution < -0.4 is 10.6 Å². The van der Waals surface area contributed by atoms with Crippen LogP contribution in [0.1, 0.15) is 21.5 Å². The summed E-state index contributed by atoms with van der Waals surface area (Å²) in [6.07, 6.45) is 0. The van der Waals surface area contributed by atoms with Crippen molar-refractivity contribution in [1.29, 1.82) is 0 Å². The normalized spacial score (nSPS) is 10.6. The first-order valence-electron chi connectivity index (χ1n) is 10.0. The number of carbonyl (C=O) groups is 2. The first-order chi connectivity index (χ1) is 16.1. The number of anilines is 2. The van der Waals surface area contributed by atoms with Gasteiger partial charge in [0.2, 0.25) is 11.0 Å². The summed E-state index contributed by atoms with van der Waals surface area (Å²) in [5.41, 5.74) is 2.43. The molecule has 3 aromatic carbocycles. The molecule has 6 nitrogen and oxygen atoms in total. The Morgan fingerprint density at radius 1 is 0.939 bits per heavy atom. The predicted molar refractivity (Wildman–Crippen MR) is 134 cm³/mol. The zero-order valence-electron chi connectivity index (χ0n) is 17.3. The third-order valence-electron chi connectivity index (χ3n) is 4.56. The third-order valence-corrected chi connectivity index (χ3v) is 6.81. The highest BCUT2D eigenvalue weighted by atomic mass is 35.5. The van der Waals surface area contributed by atoms with Crippen molar-refractivity contribution in [1.82, 2.24) is 10.2 Å². The highest BCUT2D eigenvalue weighted by molar-refractivity contribution is 8.01. The van der Waals surface area contributed by atoms with Crippen molar-refractivity contribution in [2.45, 2.75) is 10.9 Å². The van der Waals surface area contributed by atoms with Gasteiger partial charge in [0.1, 0.15) is 0 Å². The molecule has 0 radical (unpaired) electrons. The molecule has 166 valence electrons. The molecule has 0 saturated carbocycles. The van der Waals surface area contributed by atoms with E-state index in [4.69, 9.17) is 11.6 Å². The van der Waals surface area contributed by atoms with E-state index in [0.717, 1.165) is 5.56 Å². The molecule has 1 heterocycles. The first kappa shape index (κ1) is 23.0. The number of ketones is 1. The molecule has 2 N–H and O–H groups in total. The van der Waals surface area contributed by atoms with Crippen molar-refractivity contribution in [3.05, 3.63) is 101 Å². The van der Waals surface area contributed by atoms with Crippen LogP contribution in [0, 0.1) is 0 Å². The van der Waals surface area contributed by atoms with Crippen molar-refractivity contribution in [2.24, 2.45) is 0 Å². The van der Waals surface area contributed by atoms with Crippen LogP contribution in [0.4, 0.5) is 10.8 Å². The largest absolute Gasteiger partial charge is 0.356 e. The van der Waals surface area contributed by atoms with E-state index >= 15 is 0 Å². The minimum atomic E-state index is -0.251. The van der Waals surface area contributed by atoms with Crippen molar-refractivity contribution in [2.75, 3.05) is 16.4 Å². The second-order valence-corrected chi connectivity index (χ2v) is 9.57. The van der Waals surface area contributed by atoms with Crippen LogP contribution in [-0.2, 0) is 11.3 Å². The lowest BCUT2D eigenvalue weighted by Crippen LogP contribution is -2.17. The van der Waals surface area contributed by atoms with Crippen molar-refractivity contribution >= 4 is 57.2 Å². The van der Waals surface area contributed by atoms with E-state index in [1.165, 1.54) is 23.1 Å². The summed E-state index contributed by atoms with van der Waals surface area (Å²) in [7, 11) is 0. The van der Waals surface area contributed by atoms with Crippen LogP contribution >= 0.6 is 34.7 Å². The monoisotopic (exact) mass is 494 g/mol. The highest BCUT2D eigenvalue weighted by Crippen LogP contribution is 2.27. The Morgan fingerprint density at radius 2 is 1.67 bits per heavy atom. The minimum Gasteiger partial charge on any atom is -0.356 e. The number of aromatic nitrogens is 2. The number of rotatable bonds is 9. The van der Waals surface area contributed by atoms with Crippen LogP contribution in [-0.4, -0.2) is 27.6 Å². The number of hydrogen-bond acceptors (Lipinski definition) is 7. The van der Waals surface area contributed by atoms with Gasteiger partial charge in [-0.3, -0.25) is 9.59 Å². The van der Waals surface area contributed by atoms with Crippen LogP contribution in [0.5, 0.6) is 0 Å². The molecule has 0 atom stereocenters. The number of nitrogens with one attached hydrogen (secondary N) is 2. The Kier molecular flexibility index (Phi) is 7.72. The molecule has 0 spiro atoms. The minimum absolute atomic E-state index is 0.134. The molecule has 0 unspecified atom stereocenters. The fourth-order valence-electron chi connectivity index (χ4n) is 2.99. The fraction of sp³-hybridized carbons (Fsp3) is 0.0833. The van der Waals surface area contributed by atoms with Gasteiger partial charge in [-0.1, -0.05) is 95.4 Å². The van der Waals surface area contributed by atoms with E-state index in [-0.39, 0.29) is 17.4 Å². The van der Waals surface area contributed by atoms with Gasteiger partial charge < -0.3 is 10.6 Å². The van der Waals surface area contributed by atoms with Gasteiger partial charge in [-0.05, 0) is 23.8 Å². The van der Waals surface area contributed by atoms with Gasteiger partial charge in [-0.15, -0.1) is 10.2 Å². The number of amides is 1. The molecular formula is C24H19ClN4O2S2. The summed E-state index contributed by atoms with van der Waals surface area (Å²) in [6.45, 7) is 0.648. The van der Waals surface area contributed by atoms with Gasteiger partial charge in [0.05, 0.1) is 11.4 Å². The van der Waals surface area contributed by atoms with E-state index in [1.54, 1.807) is 42.5 Å². The van der Waals surface area contributed by atoms with Gasteiger partial charge in [-0.2, -0.15) is 0 Å². The number of hydrogen-bond donors (Lipinski definition) is 2. The molecule has 0 saturated heterocycles. The maximum Gasteiger partial charge on any atom is 0.234 e. The van der Waals surface area contributed by atoms with Crippen LogP contribution in [0.15, 0.2) is 83.2 Å². The standard InChI is InChI=1S/C24H19ClN4O2S2/c25-18-11-12-20(19(13-18)22(31)17-9-5-2-6-10-17)27-21(30)15-32-24-29-28-23(33-24)26-14-16-7-3-1-4-8-16/h1-13H,14-15H2,(H,26,28)(H,27,30). The second kappa shape index (κ2) is 11.1. The number of benzene rings is 3. The second-order valence-electron chi connectivity index (χ2n) is 6.93. The van der Waals surface area contributed by atoms with E-state index < -0.39 is 0 Å². The van der Waals surface area contributed by atoms with Gasteiger partial charge in [-0.25, -0.2) is 0 Å². The summed E-state index contributed by atoms with van der Waals surface area (Å²) >= 11 is 8.78. The van der Waals surface area contributed by atoms with Crippen LogP contribution in [0.25, 0.3) is 0 Å². The van der Waals surface area contributed by atoms with Crippen LogP contribution in [0.2, 0.25) is 5.02 Å². The SMILES string of the molecule is O=C(CSc1nnc(NCc2ccccc2)s1)Nc1ccc(Cl)cc1C(=O)c1ccccc1. The van der Waals surface area contributed by atoms with E-state index in [0.29, 0.717) is 37.9 Å². The van der Waals surface area contributed by atoms with Gasteiger partial charge >= 0.3 is 0 Å². The molecule has 4 aromatic rings. The zero-order valence-corrected chi connectivity index (χ0v) is 19.7. The summed E-state index contributed by atoms with van der Waals surface area (Å²) < 4.78 is 0.678. The molecule has 0 bridgehead atoms. The Balaban J connectivity index is 1.35. The smallest absolute Gasteiger partial charge is 0.234 e. The predicted octanol–water partition coefficient (Wildman–Crippen LogP) is 5.77. The molecule has 0 aliphatic heterocycles. The molecule has 1 amide bonds. The molecule has 9 heteroatoms. The van der Waals surface area contributed by atoms with E-state index in [9.17, 15) is 9.59 Å².